The first-order chi connectivity index (χ1) is 10.6. The zero-order chi connectivity index (χ0) is 15.8. The third-order valence-electron chi connectivity index (χ3n) is 3.62. The van der Waals surface area contributed by atoms with Crippen LogP contribution in [0.25, 0.3) is 0 Å². The van der Waals surface area contributed by atoms with Crippen LogP contribution in [0.3, 0.4) is 0 Å². The van der Waals surface area contributed by atoms with Crippen molar-refractivity contribution >= 4 is 23.8 Å². The van der Waals surface area contributed by atoms with Gasteiger partial charge in [0, 0.05) is 17.0 Å². The third kappa shape index (κ3) is 5.60. The number of amides is 1. The molecule has 0 spiro atoms. The summed E-state index contributed by atoms with van der Waals surface area (Å²) in [4.78, 5) is 22.4. The van der Waals surface area contributed by atoms with Gasteiger partial charge in [0.15, 0.2) is 0 Å². The molecule has 0 bridgehead atoms. The number of rotatable bonds is 7. The minimum Gasteiger partial charge on any atom is -0.481 e. The first-order valence-corrected chi connectivity index (χ1v) is 8.50. The van der Waals surface area contributed by atoms with Gasteiger partial charge < -0.3 is 15.2 Å². The Hall–Kier alpha value is -1.69. The van der Waals surface area contributed by atoms with Gasteiger partial charge in [0.25, 0.3) is 0 Å². The highest BCUT2D eigenvalue weighted by atomic mass is 32.2. The maximum Gasteiger partial charge on any atom is 0.407 e. The lowest BCUT2D eigenvalue weighted by Crippen LogP contribution is -2.39. The lowest BCUT2D eigenvalue weighted by atomic mass is 10.2. The summed E-state index contributed by atoms with van der Waals surface area (Å²) >= 11 is 1.63. The predicted octanol–water partition coefficient (Wildman–Crippen LogP) is 3.04. The summed E-state index contributed by atoms with van der Waals surface area (Å²) in [5.74, 6) is -0.200. The highest BCUT2D eigenvalue weighted by Gasteiger charge is 2.29. The van der Waals surface area contributed by atoms with Gasteiger partial charge in [-0.1, -0.05) is 36.8 Å². The summed E-state index contributed by atoms with van der Waals surface area (Å²) in [6.07, 6.45) is 2.74. The van der Waals surface area contributed by atoms with Crippen molar-refractivity contribution in [3.8, 4) is 0 Å². The van der Waals surface area contributed by atoms with Gasteiger partial charge in [0.1, 0.15) is 6.61 Å². The van der Waals surface area contributed by atoms with E-state index < -0.39 is 12.1 Å². The quantitative estimate of drug-likeness (QED) is 0.806. The Morgan fingerprint density at radius 3 is 2.77 bits per heavy atom. The standard InChI is InChI=1S/C16H21NO4S/c18-15(19)9-10-22-14-8-4-7-13(14)17-16(20)21-11-12-5-2-1-3-6-12/h1-3,5-6,13-14H,4,7-11H2,(H,17,20)(H,18,19). The van der Waals surface area contributed by atoms with Crippen LogP contribution in [0.15, 0.2) is 30.3 Å². The van der Waals surface area contributed by atoms with Crippen LogP contribution in [0.5, 0.6) is 0 Å². The Morgan fingerprint density at radius 2 is 2.05 bits per heavy atom. The highest BCUT2D eigenvalue weighted by molar-refractivity contribution is 8.00. The number of ether oxygens (including phenoxy) is 1. The molecule has 1 amide bonds. The monoisotopic (exact) mass is 323 g/mol. The summed E-state index contributed by atoms with van der Waals surface area (Å²) in [7, 11) is 0. The number of hydrogen-bond donors (Lipinski definition) is 2. The summed E-state index contributed by atoms with van der Waals surface area (Å²) in [5, 5.41) is 11.9. The number of carboxylic acid groups (broad SMARTS) is 1. The Kier molecular flexibility index (Phi) is 6.58. The Morgan fingerprint density at radius 1 is 1.27 bits per heavy atom. The molecule has 2 N–H and O–H groups in total. The fourth-order valence-corrected chi connectivity index (χ4v) is 3.87. The van der Waals surface area contributed by atoms with E-state index >= 15 is 0 Å². The smallest absolute Gasteiger partial charge is 0.407 e. The second-order valence-electron chi connectivity index (χ2n) is 5.30. The maximum atomic E-state index is 11.9. The normalized spacial score (nSPS) is 20.5. The number of benzene rings is 1. The van der Waals surface area contributed by atoms with Crippen molar-refractivity contribution in [2.24, 2.45) is 0 Å². The number of hydrogen-bond acceptors (Lipinski definition) is 4. The molecule has 1 aliphatic rings. The van der Waals surface area contributed by atoms with E-state index in [4.69, 9.17) is 9.84 Å². The van der Waals surface area contributed by atoms with Crippen molar-refractivity contribution in [1.29, 1.82) is 0 Å². The number of carbonyl (C=O) groups is 2. The van der Waals surface area contributed by atoms with Crippen molar-refractivity contribution in [3.63, 3.8) is 0 Å². The molecule has 1 aliphatic carbocycles. The van der Waals surface area contributed by atoms with Crippen molar-refractivity contribution in [2.45, 2.75) is 43.6 Å². The van der Waals surface area contributed by atoms with E-state index in [1.54, 1.807) is 11.8 Å². The molecule has 1 saturated carbocycles. The molecule has 2 atom stereocenters. The molecular weight excluding hydrogens is 302 g/mol. The Bertz CT molecular complexity index is 494. The summed E-state index contributed by atoms with van der Waals surface area (Å²) < 4.78 is 5.23. The minimum atomic E-state index is -0.780. The number of aliphatic carboxylic acids is 1. The molecule has 0 radical (unpaired) electrons. The zero-order valence-corrected chi connectivity index (χ0v) is 13.2. The van der Waals surface area contributed by atoms with Gasteiger partial charge in [-0.3, -0.25) is 4.79 Å². The number of carbonyl (C=O) groups excluding carboxylic acids is 1. The molecule has 120 valence electrons. The lowest BCUT2D eigenvalue weighted by Gasteiger charge is -2.20. The van der Waals surface area contributed by atoms with Crippen molar-refractivity contribution in [2.75, 3.05) is 5.75 Å². The lowest BCUT2D eigenvalue weighted by molar-refractivity contribution is -0.136. The molecule has 5 nitrogen and oxygen atoms in total. The van der Waals surface area contributed by atoms with Crippen LogP contribution < -0.4 is 5.32 Å². The molecule has 1 fully saturated rings. The van der Waals surface area contributed by atoms with Crippen LogP contribution in [0, 0.1) is 0 Å². The van der Waals surface area contributed by atoms with Crippen LogP contribution in [0.2, 0.25) is 0 Å². The molecule has 2 unspecified atom stereocenters. The number of alkyl carbamates (subject to hydrolysis) is 1. The summed E-state index contributed by atoms with van der Waals surface area (Å²) in [6, 6.07) is 9.62. The van der Waals surface area contributed by atoms with Gasteiger partial charge >= 0.3 is 12.1 Å². The molecule has 2 rings (SSSR count). The summed E-state index contributed by atoms with van der Waals surface area (Å²) in [5.41, 5.74) is 0.955. The molecule has 1 aromatic rings. The fourth-order valence-electron chi connectivity index (χ4n) is 2.50. The van der Waals surface area contributed by atoms with Crippen LogP contribution in [-0.4, -0.2) is 34.2 Å². The molecule has 6 heteroatoms. The average Bonchev–Trinajstić information content (AvgIpc) is 2.93. The molecule has 0 aliphatic heterocycles. The molecular formula is C16H21NO4S. The van der Waals surface area contributed by atoms with Gasteiger partial charge in [0.05, 0.1) is 6.42 Å². The van der Waals surface area contributed by atoms with Gasteiger partial charge in [-0.25, -0.2) is 4.79 Å². The van der Waals surface area contributed by atoms with E-state index in [0.29, 0.717) is 5.75 Å². The van der Waals surface area contributed by atoms with Crippen LogP contribution in [0.4, 0.5) is 4.79 Å². The number of thioether (sulfide) groups is 1. The third-order valence-corrected chi connectivity index (χ3v) is 5.05. The summed E-state index contributed by atoms with van der Waals surface area (Å²) in [6.45, 7) is 0.260. The fraction of sp³-hybridized carbons (Fsp3) is 0.500. The van der Waals surface area contributed by atoms with Crippen LogP contribution in [0.1, 0.15) is 31.2 Å². The Balaban J connectivity index is 1.71. The minimum absolute atomic E-state index is 0.0714. The van der Waals surface area contributed by atoms with Crippen LogP contribution in [-0.2, 0) is 16.1 Å². The number of carboxylic acids is 1. The molecule has 22 heavy (non-hydrogen) atoms. The Labute approximate surface area is 134 Å². The van der Waals surface area contributed by atoms with Gasteiger partial charge in [0.2, 0.25) is 0 Å². The van der Waals surface area contributed by atoms with Crippen molar-refractivity contribution in [1.82, 2.24) is 5.32 Å². The van der Waals surface area contributed by atoms with E-state index in [9.17, 15) is 9.59 Å². The van der Waals surface area contributed by atoms with E-state index in [1.165, 1.54) is 0 Å². The van der Waals surface area contributed by atoms with E-state index in [1.807, 2.05) is 30.3 Å². The molecule has 0 aromatic heterocycles. The second kappa shape index (κ2) is 8.68. The van der Waals surface area contributed by atoms with Gasteiger partial charge in [-0.2, -0.15) is 11.8 Å². The van der Waals surface area contributed by atoms with E-state index in [-0.39, 0.29) is 24.3 Å². The maximum absolute atomic E-state index is 11.9. The molecule has 1 aromatic carbocycles. The first-order valence-electron chi connectivity index (χ1n) is 7.46. The topological polar surface area (TPSA) is 75.6 Å². The first kappa shape index (κ1) is 16.7. The molecule has 0 saturated heterocycles. The van der Waals surface area contributed by atoms with Crippen molar-refractivity contribution < 1.29 is 19.4 Å². The predicted molar refractivity (Wildman–Crippen MR) is 85.9 cm³/mol. The highest BCUT2D eigenvalue weighted by Crippen LogP contribution is 2.30. The largest absolute Gasteiger partial charge is 0.481 e. The second-order valence-corrected chi connectivity index (χ2v) is 6.64. The van der Waals surface area contributed by atoms with Gasteiger partial charge in [-0.15, -0.1) is 0 Å². The zero-order valence-electron chi connectivity index (χ0n) is 12.4. The van der Waals surface area contributed by atoms with Crippen molar-refractivity contribution in [3.05, 3.63) is 35.9 Å². The van der Waals surface area contributed by atoms with Gasteiger partial charge in [-0.05, 0) is 18.4 Å². The van der Waals surface area contributed by atoms with E-state index in [2.05, 4.69) is 5.32 Å². The molecule has 0 heterocycles. The van der Waals surface area contributed by atoms with Crippen LogP contribution >= 0.6 is 11.8 Å². The number of nitrogens with one attached hydrogen (secondary N) is 1. The average molecular weight is 323 g/mol. The van der Waals surface area contributed by atoms with E-state index in [0.717, 1.165) is 24.8 Å². The SMILES string of the molecule is O=C(O)CCSC1CCCC1NC(=O)OCc1ccccc1.